The zero-order valence-electron chi connectivity index (χ0n) is 11.8. The minimum absolute atomic E-state index is 0.320. The Labute approximate surface area is 128 Å². The number of esters is 1. The molecule has 21 heavy (non-hydrogen) atoms. The van der Waals surface area contributed by atoms with E-state index < -0.39 is 0 Å². The number of rotatable bonds is 3. The van der Waals surface area contributed by atoms with Crippen molar-refractivity contribution in [2.45, 2.75) is 13.3 Å². The van der Waals surface area contributed by atoms with Crippen molar-refractivity contribution < 1.29 is 9.53 Å². The molecule has 1 aliphatic heterocycles. The van der Waals surface area contributed by atoms with Crippen molar-refractivity contribution in [1.29, 1.82) is 0 Å². The molecule has 2 N–H and O–H groups in total. The number of carbonyl (C=O) groups is 1. The fourth-order valence-electron chi connectivity index (χ4n) is 2.70. The zero-order valence-corrected chi connectivity index (χ0v) is 12.6. The number of ether oxygens (including phenoxy) is 1. The number of aromatic nitrogens is 1. The molecule has 0 aliphatic carbocycles. The molecule has 0 radical (unpaired) electrons. The van der Waals surface area contributed by atoms with Crippen molar-refractivity contribution >= 4 is 34.0 Å². The van der Waals surface area contributed by atoms with Crippen LogP contribution in [-0.4, -0.2) is 30.6 Å². The van der Waals surface area contributed by atoms with E-state index in [2.05, 4.69) is 16.4 Å². The predicted octanol–water partition coefficient (Wildman–Crippen LogP) is 3.37. The van der Waals surface area contributed by atoms with Crippen LogP contribution >= 0.6 is 11.6 Å². The maximum Gasteiger partial charge on any atom is 0.355 e. The molecule has 0 amide bonds. The van der Waals surface area contributed by atoms with Crippen molar-refractivity contribution in [3.8, 4) is 0 Å². The first-order valence-electron chi connectivity index (χ1n) is 7.09. The second kappa shape index (κ2) is 5.92. The monoisotopic (exact) mass is 304 g/mol. The Hall–Kier alpha value is -1.78. The summed E-state index contributed by atoms with van der Waals surface area (Å²) in [6.07, 6.45) is 3.00. The van der Waals surface area contributed by atoms with Crippen molar-refractivity contribution in [2.75, 3.05) is 19.7 Å². The van der Waals surface area contributed by atoms with Gasteiger partial charge in [-0.2, -0.15) is 0 Å². The number of hydrogen-bond donors (Lipinski definition) is 2. The number of aromatic amines is 1. The highest BCUT2D eigenvalue weighted by Crippen LogP contribution is 2.33. The molecule has 0 fully saturated rings. The Kier molecular flexibility index (Phi) is 3.99. The van der Waals surface area contributed by atoms with Crippen LogP contribution in [0.3, 0.4) is 0 Å². The van der Waals surface area contributed by atoms with Crippen LogP contribution < -0.4 is 5.32 Å². The van der Waals surface area contributed by atoms with E-state index in [1.807, 2.05) is 18.2 Å². The lowest BCUT2D eigenvalue weighted by Crippen LogP contribution is -2.20. The third kappa shape index (κ3) is 2.69. The molecule has 4 nitrogen and oxygen atoms in total. The number of carbonyl (C=O) groups excluding carboxylic acids is 1. The Morgan fingerprint density at radius 1 is 1.43 bits per heavy atom. The molecule has 0 saturated carbocycles. The average molecular weight is 305 g/mol. The number of halogens is 1. The second-order valence-corrected chi connectivity index (χ2v) is 5.41. The van der Waals surface area contributed by atoms with Crippen LogP contribution in [0.5, 0.6) is 0 Å². The van der Waals surface area contributed by atoms with Crippen LogP contribution in [0.4, 0.5) is 0 Å². The minimum atomic E-state index is -0.320. The molecule has 1 aromatic heterocycles. The second-order valence-electron chi connectivity index (χ2n) is 4.97. The van der Waals surface area contributed by atoms with Crippen LogP contribution in [-0.2, 0) is 4.74 Å². The fraction of sp³-hybridized carbons (Fsp3) is 0.312. The van der Waals surface area contributed by atoms with Gasteiger partial charge in [0.2, 0.25) is 0 Å². The zero-order chi connectivity index (χ0) is 14.8. The van der Waals surface area contributed by atoms with Crippen LogP contribution in [0.1, 0.15) is 29.4 Å². The van der Waals surface area contributed by atoms with Crippen LogP contribution in [0.15, 0.2) is 24.3 Å². The summed E-state index contributed by atoms with van der Waals surface area (Å²) in [5.74, 6) is -0.320. The van der Waals surface area contributed by atoms with Crippen molar-refractivity contribution in [2.24, 2.45) is 0 Å². The van der Waals surface area contributed by atoms with E-state index in [1.54, 1.807) is 6.92 Å². The molecule has 0 bridgehead atoms. The van der Waals surface area contributed by atoms with Gasteiger partial charge < -0.3 is 15.0 Å². The topological polar surface area (TPSA) is 54.1 Å². The SMILES string of the molecule is CCOC(=O)c1[nH]c2ccc(Cl)cc2c1C1=CCNCC1. The lowest BCUT2D eigenvalue weighted by atomic mass is 9.97. The number of hydrogen-bond acceptors (Lipinski definition) is 3. The van der Waals surface area contributed by atoms with Crippen LogP contribution in [0.25, 0.3) is 16.5 Å². The Balaban J connectivity index is 2.21. The lowest BCUT2D eigenvalue weighted by molar-refractivity contribution is 0.0520. The summed E-state index contributed by atoms with van der Waals surface area (Å²) in [5, 5.41) is 4.91. The number of H-pyrrole nitrogens is 1. The minimum Gasteiger partial charge on any atom is -0.461 e. The summed E-state index contributed by atoms with van der Waals surface area (Å²) in [4.78, 5) is 15.4. The molecule has 2 heterocycles. The first-order valence-corrected chi connectivity index (χ1v) is 7.47. The molecule has 5 heteroatoms. The maximum absolute atomic E-state index is 12.2. The number of benzene rings is 1. The molecule has 0 spiro atoms. The number of fused-ring (bicyclic) bond motifs is 1. The van der Waals surface area contributed by atoms with Gasteiger partial charge in [0, 0.05) is 28.0 Å². The van der Waals surface area contributed by atoms with Gasteiger partial charge in [0.1, 0.15) is 5.69 Å². The maximum atomic E-state index is 12.2. The van der Waals surface area contributed by atoms with E-state index in [9.17, 15) is 4.79 Å². The molecular weight excluding hydrogens is 288 g/mol. The summed E-state index contributed by atoms with van der Waals surface area (Å²) in [6, 6.07) is 5.61. The first-order chi connectivity index (χ1) is 10.2. The molecule has 2 aromatic rings. The fourth-order valence-corrected chi connectivity index (χ4v) is 2.88. The summed E-state index contributed by atoms with van der Waals surface area (Å²) in [6.45, 7) is 3.88. The summed E-state index contributed by atoms with van der Waals surface area (Å²) in [7, 11) is 0. The van der Waals surface area contributed by atoms with E-state index in [1.165, 1.54) is 0 Å². The lowest BCUT2D eigenvalue weighted by Gasteiger charge is -2.15. The van der Waals surface area contributed by atoms with Crippen molar-refractivity contribution in [1.82, 2.24) is 10.3 Å². The highest BCUT2D eigenvalue weighted by Gasteiger charge is 2.22. The predicted molar refractivity (Wildman–Crippen MR) is 84.7 cm³/mol. The summed E-state index contributed by atoms with van der Waals surface area (Å²) >= 11 is 6.12. The molecule has 1 aromatic carbocycles. The van der Waals surface area contributed by atoms with Gasteiger partial charge in [0.05, 0.1) is 6.61 Å². The van der Waals surface area contributed by atoms with Crippen LogP contribution in [0, 0.1) is 0 Å². The van der Waals surface area contributed by atoms with Gasteiger partial charge in [-0.1, -0.05) is 17.7 Å². The van der Waals surface area contributed by atoms with Gasteiger partial charge in [-0.3, -0.25) is 0 Å². The largest absolute Gasteiger partial charge is 0.461 e. The Morgan fingerprint density at radius 3 is 3.00 bits per heavy atom. The van der Waals surface area contributed by atoms with Gasteiger partial charge in [-0.25, -0.2) is 4.79 Å². The van der Waals surface area contributed by atoms with E-state index >= 15 is 0 Å². The van der Waals surface area contributed by atoms with Gasteiger partial charge in [-0.15, -0.1) is 0 Å². The van der Waals surface area contributed by atoms with Gasteiger partial charge in [-0.05, 0) is 43.7 Å². The van der Waals surface area contributed by atoms with E-state index in [0.717, 1.165) is 41.5 Å². The van der Waals surface area contributed by atoms with Crippen LogP contribution in [0.2, 0.25) is 5.02 Å². The summed E-state index contributed by atoms with van der Waals surface area (Å²) in [5.41, 5.74) is 3.50. The standard InChI is InChI=1S/C16H17ClN2O2/c1-2-21-16(20)15-14(10-5-7-18-8-6-10)12-9-11(17)3-4-13(12)19-15/h3-5,9,18-19H,2,6-8H2,1H3. The highest BCUT2D eigenvalue weighted by atomic mass is 35.5. The first kappa shape index (κ1) is 14.2. The van der Waals surface area contributed by atoms with Gasteiger partial charge >= 0.3 is 5.97 Å². The van der Waals surface area contributed by atoms with E-state index in [0.29, 0.717) is 17.3 Å². The van der Waals surface area contributed by atoms with Gasteiger partial charge in [0.15, 0.2) is 0 Å². The quantitative estimate of drug-likeness (QED) is 0.855. The van der Waals surface area contributed by atoms with Gasteiger partial charge in [0.25, 0.3) is 0 Å². The Morgan fingerprint density at radius 2 is 2.29 bits per heavy atom. The van der Waals surface area contributed by atoms with Crippen molar-refractivity contribution in [3.05, 3.63) is 40.6 Å². The highest BCUT2D eigenvalue weighted by molar-refractivity contribution is 6.31. The molecule has 1 aliphatic rings. The molecule has 0 unspecified atom stereocenters. The Bertz CT molecular complexity index is 718. The van der Waals surface area contributed by atoms with E-state index in [4.69, 9.17) is 16.3 Å². The average Bonchev–Trinajstić information content (AvgIpc) is 2.87. The summed E-state index contributed by atoms with van der Waals surface area (Å²) < 4.78 is 5.17. The van der Waals surface area contributed by atoms with Crippen molar-refractivity contribution in [3.63, 3.8) is 0 Å². The number of nitrogens with one attached hydrogen (secondary N) is 2. The molecule has 0 saturated heterocycles. The normalized spacial score (nSPS) is 15.0. The van der Waals surface area contributed by atoms with E-state index in [-0.39, 0.29) is 5.97 Å². The molecule has 3 rings (SSSR count). The molecule has 0 atom stereocenters. The smallest absolute Gasteiger partial charge is 0.355 e. The third-order valence-electron chi connectivity index (χ3n) is 3.63. The third-order valence-corrected chi connectivity index (χ3v) is 3.86. The molecule has 110 valence electrons. The molecular formula is C16H17ClN2O2.